The molecule has 0 radical (unpaired) electrons. The number of morpholine rings is 1. The summed E-state index contributed by atoms with van der Waals surface area (Å²) in [5, 5.41) is 10.9. The lowest BCUT2D eigenvalue weighted by Gasteiger charge is -2.27. The first-order valence-electron chi connectivity index (χ1n) is 11.6. The van der Waals surface area contributed by atoms with Gasteiger partial charge < -0.3 is 35.6 Å². The van der Waals surface area contributed by atoms with E-state index >= 15 is 0 Å². The number of halogens is 1. The first-order chi connectivity index (χ1) is 17.5. The van der Waals surface area contributed by atoms with Gasteiger partial charge in [0.25, 0.3) is 5.91 Å². The van der Waals surface area contributed by atoms with Crippen molar-refractivity contribution in [1.29, 1.82) is 0 Å². The molecule has 1 aliphatic rings. The van der Waals surface area contributed by atoms with Gasteiger partial charge in [0.2, 0.25) is 5.91 Å². The molecule has 0 unspecified atom stereocenters. The zero-order valence-corrected chi connectivity index (χ0v) is 21.6. The average molecular weight is 532 g/mol. The molecular weight excluding hydrogens is 502 g/mol. The van der Waals surface area contributed by atoms with Crippen LogP contribution in [0.15, 0.2) is 48.5 Å². The molecular formula is C25H30ClN5O6. The lowest BCUT2D eigenvalue weighted by atomic mass is 10.2. The van der Waals surface area contributed by atoms with Crippen LogP contribution in [0.1, 0.15) is 20.8 Å². The van der Waals surface area contributed by atoms with Gasteiger partial charge in [0.05, 0.1) is 13.2 Å². The van der Waals surface area contributed by atoms with Gasteiger partial charge >= 0.3 is 12.1 Å². The Morgan fingerprint density at radius 1 is 1.03 bits per heavy atom. The third-order valence-electron chi connectivity index (χ3n) is 5.01. The Kier molecular flexibility index (Phi) is 9.31. The molecule has 0 aromatic heterocycles. The molecule has 0 saturated carbocycles. The van der Waals surface area contributed by atoms with Crippen molar-refractivity contribution in [3.05, 3.63) is 53.6 Å². The van der Waals surface area contributed by atoms with Gasteiger partial charge in [-0.3, -0.25) is 9.59 Å². The molecule has 3 rings (SSSR count). The normalized spacial score (nSPS) is 14.4. The molecule has 0 aliphatic carbocycles. The molecule has 12 heteroatoms. The number of alkyl carbamates (subject to hydrolysis) is 1. The highest BCUT2D eigenvalue weighted by atomic mass is 35.5. The third-order valence-corrected chi connectivity index (χ3v) is 5.26. The highest BCUT2D eigenvalue weighted by Gasteiger charge is 2.24. The van der Waals surface area contributed by atoms with E-state index in [0.717, 1.165) is 0 Å². The zero-order valence-electron chi connectivity index (χ0n) is 20.8. The number of nitrogens with zero attached hydrogens (tertiary/aromatic N) is 1. The van der Waals surface area contributed by atoms with E-state index in [1.807, 2.05) is 0 Å². The lowest BCUT2D eigenvalue weighted by molar-refractivity contribution is -0.125. The number of hydrogen-bond acceptors (Lipinski definition) is 6. The van der Waals surface area contributed by atoms with Crippen molar-refractivity contribution in [2.75, 3.05) is 41.8 Å². The second kappa shape index (κ2) is 12.4. The number of benzene rings is 2. The monoisotopic (exact) mass is 531 g/mol. The number of urea groups is 1. The summed E-state index contributed by atoms with van der Waals surface area (Å²) in [6, 6.07) is 11.3. The summed E-state index contributed by atoms with van der Waals surface area (Å²) in [5.74, 6) is -0.718. The van der Waals surface area contributed by atoms with E-state index in [9.17, 15) is 19.2 Å². The van der Waals surface area contributed by atoms with Crippen molar-refractivity contribution < 1.29 is 28.7 Å². The van der Waals surface area contributed by atoms with Gasteiger partial charge in [0.1, 0.15) is 18.2 Å². The number of rotatable bonds is 7. The van der Waals surface area contributed by atoms with E-state index in [4.69, 9.17) is 21.1 Å². The number of carbonyl (C=O) groups is 4. The fourth-order valence-electron chi connectivity index (χ4n) is 3.31. The zero-order chi connectivity index (χ0) is 27.0. The van der Waals surface area contributed by atoms with Gasteiger partial charge in [0, 0.05) is 28.6 Å². The number of hydrogen-bond donors (Lipinski definition) is 4. The molecule has 5 amide bonds. The van der Waals surface area contributed by atoms with Crippen LogP contribution in [0.25, 0.3) is 0 Å². The smallest absolute Gasteiger partial charge is 0.407 e. The number of nitrogens with one attached hydrogen (secondary N) is 4. The van der Waals surface area contributed by atoms with Crippen LogP contribution in [-0.2, 0) is 19.1 Å². The highest BCUT2D eigenvalue weighted by Crippen LogP contribution is 2.20. The second-order valence-electron chi connectivity index (χ2n) is 9.17. The van der Waals surface area contributed by atoms with Crippen molar-refractivity contribution in [2.45, 2.75) is 32.4 Å². The van der Waals surface area contributed by atoms with Crippen molar-refractivity contribution in [3.8, 4) is 0 Å². The predicted octanol–water partition coefficient (Wildman–Crippen LogP) is 3.36. The van der Waals surface area contributed by atoms with E-state index in [1.165, 1.54) is 0 Å². The molecule has 0 spiro atoms. The molecule has 1 heterocycles. The maximum absolute atomic E-state index is 13.0. The predicted molar refractivity (Wildman–Crippen MR) is 140 cm³/mol. The lowest BCUT2D eigenvalue weighted by Crippen LogP contribution is -2.52. The Labute approximate surface area is 219 Å². The second-order valence-corrected chi connectivity index (χ2v) is 9.61. The summed E-state index contributed by atoms with van der Waals surface area (Å²) in [7, 11) is 0. The minimum Gasteiger partial charge on any atom is -0.444 e. The van der Waals surface area contributed by atoms with Gasteiger partial charge in [0.15, 0.2) is 0 Å². The third kappa shape index (κ3) is 8.96. The molecule has 37 heavy (non-hydrogen) atoms. The molecule has 1 aliphatic heterocycles. The number of amides is 5. The molecule has 1 atom stereocenters. The summed E-state index contributed by atoms with van der Waals surface area (Å²) >= 11 is 5.87. The topological polar surface area (TPSA) is 138 Å². The summed E-state index contributed by atoms with van der Waals surface area (Å²) in [6.07, 6.45) is -0.732. The quantitative estimate of drug-likeness (QED) is 0.432. The Bertz CT molecular complexity index is 1120. The standard InChI is InChI=1S/C25H30ClN5O6/c1-25(2,3)37-24(35)27-14-20(30-23(34)29-18-6-4-16(26)5-7-18)22(33)28-17-8-10-19(11-9-17)31-12-13-36-15-21(31)32/h4-11,20H,12-15H2,1-3H3,(H,27,35)(H,28,33)(H2,29,30,34)/t20-/m1/s1. The largest absolute Gasteiger partial charge is 0.444 e. The number of carbonyl (C=O) groups excluding carboxylic acids is 4. The average Bonchev–Trinajstić information content (AvgIpc) is 2.83. The molecule has 0 bridgehead atoms. The Morgan fingerprint density at radius 2 is 1.65 bits per heavy atom. The summed E-state index contributed by atoms with van der Waals surface area (Å²) in [4.78, 5) is 51.4. The number of ether oxygens (including phenoxy) is 2. The van der Waals surface area contributed by atoms with Crippen LogP contribution in [0, 0.1) is 0 Å². The van der Waals surface area contributed by atoms with E-state index in [-0.39, 0.29) is 19.1 Å². The fraction of sp³-hybridized carbons (Fsp3) is 0.360. The van der Waals surface area contributed by atoms with Crippen LogP contribution in [0.4, 0.5) is 26.7 Å². The van der Waals surface area contributed by atoms with E-state index in [1.54, 1.807) is 74.2 Å². The molecule has 11 nitrogen and oxygen atoms in total. The SMILES string of the molecule is CC(C)(C)OC(=O)NC[C@@H](NC(=O)Nc1ccc(Cl)cc1)C(=O)Nc1ccc(N2CCOCC2=O)cc1. The molecule has 2 aromatic rings. The van der Waals surface area contributed by atoms with Crippen molar-refractivity contribution in [3.63, 3.8) is 0 Å². The minimum atomic E-state index is -1.14. The Hall–Kier alpha value is -3.83. The maximum atomic E-state index is 13.0. The van der Waals surface area contributed by atoms with E-state index in [0.29, 0.717) is 35.2 Å². The molecule has 198 valence electrons. The van der Waals surface area contributed by atoms with Crippen molar-refractivity contribution >= 4 is 52.6 Å². The minimum absolute atomic E-state index is 0.0224. The Morgan fingerprint density at radius 3 is 2.27 bits per heavy atom. The fourth-order valence-corrected chi connectivity index (χ4v) is 3.44. The maximum Gasteiger partial charge on any atom is 0.407 e. The molecule has 2 aromatic carbocycles. The van der Waals surface area contributed by atoms with Crippen LogP contribution < -0.4 is 26.2 Å². The van der Waals surface area contributed by atoms with Crippen molar-refractivity contribution in [1.82, 2.24) is 10.6 Å². The van der Waals surface area contributed by atoms with Crippen molar-refractivity contribution in [2.24, 2.45) is 0 Å². The van der Waals surface area contributed by atoms with Crippen LogP contribution in [0.5, 0.6) is 0 Å². The van der Waals surface area contributed by atoms with Crippen LogP contribution in [-0.4, -0.2) is 61.9 Å². The summed E-state index contributed by atoms with van der Waals surface area (Å²) in [5.41, 5.74) is 0.853. The van der Waals surface area contributed by atoms with Gasteiger partial charge in [-0.2, -0.15) is 0 Å². The first kappa shape index (κ1) is 27.8. The summed E-state index contributed by atoms with van der Waals surface area (Å²) in [6.45, 7) is 5.81. The highest BCUT2D eigenvalue weighted by molar-refractivity contribution is 6.30. The number of anilines is 3. The van der Waals surface area contributed by atoms with Gasteiger partial charge in [-0.25, -0.2) is 9.59 Å². The van der Waals surface area contributed by atoms with Gasteiger partial charge in [-0.15, -0.1) is 0 Å². The van der Waals surface area contributed by atoms with E-state index < -0.39 is 29.7 Å². The van der Waals surface area contributed by atoms with Crippen LogP contribution >= 0.6 is 11.6 Å². The Balaban J connectivity index is 1.66. The van der Waals surface area contributed by atoms with E-state index in [2.05, 4.69) is 21.3 Å². The molecule has 1 fully saturated rings. The van der Waals surface area contributed by atoms with Gasteiger partial charge in [-0.1, -0.05) is 11.6 Å². The van der Waals surface area contributed by atoms with Crippen LogP contribution in [0.3, 0.4) is 0 Å². The summed E-state index contributed by atoms with van der Waals surface area (Å²) < 4.78 is 10.4. The molecule has 1 saturated heterocycles. The van der Waals surface area contributed by atoms with Gasteiger partial charge in [-0.05, 0) is 69.3 Å². The van der Waals surface area contributed by atoms with Crippen LogP contribution in [0.2, 0.25) is 5.02 Å². The molecule has 4 N–H and O–H groups in total. The first-order valence-corrected chi connectivity index (χ1v) is 12.0.